The average molecular weight is 182 g/mol. The normalized spacial score (nSPS) is 10.5. The predicted molar refractivity (Wildman–Crippen MR) is 50.8 cm³/mol. The molecule has 1 heterocycles. The van der Waals surface area contributed by atoms with E-state index in [1.165, 1.54) is 0 Å². The Kier molecular flexibility index (Phi) is 1.67. The van der Waals surface area contributed by atoms with E-state index in [1.807, 2.05) is 30.5 Å². The maximum absolute atomic E-state index is 5.64. The van der Waals surface area contributed by atoms with Gasteiger partial charge in [0.25, 0.3) is 0 Å². The molecule has 0 atom stereocenters. The van der Waals surface area contributed by atoms with E-state index in [2.05, 4.69) is 4.98 Å². The molecule has 0 saturated heterocycles. The highest BCUT2D eigenvalue weighted by atomic mass is 35.5. The molecule has 0 aliphatic rings. The van der Waals surface area contributed by atoms with Crippen LogP contribution in [-0.4, -0.2) is 4.98 Å². The number of hydrazine groups is 1. The summed E-state index contributed by atoms with van der Waals surface area (Å²) < 4.78 is 1.09. The lowest BCUT2D eigenvalue weighted by Crippen LogP contribution is -2.18. The highest BCUT2D eigenvalue weighted by molar-refractivity contribution is 6.26. The number of aromatic nitrogens is 1. The maximum Gasteiger partial charge on any atom is 0.0797 e. The lowest BCUT2D eigenvalue weighted by molar-refractivity contribution is 1.21. The molecule has 4 heteroatoms. The standard InChI is InChI=1S/C8H8ClN3/c9-12(10)8-3-1-2-7-6(8)4-5-11-7/h1-5,11H,10H2. The highest BCUT2D eigenvalue weighted by Crippen LogP contribution is 2.24. The molecule has 62 valence electrons. The first-order chi connectivity index (χ1) is 5.79. The third-order valence-corrected chi connectivity index (χ3v) is 1.98. The van der Waals surface area contributed by atoms with E-state index in [1.54, 1.807) is 0 Å². The molecule has 0 bridgehead atoms. The quantitative estimate of drug-likeness (QED) is 0.402. The molecule has 0 unspecified atom stereocenters. The summed E-state index contributed by atoms with van der Waals surface area (Å²) in [6.45, 7) is 0. The zero-order chi connectivity index (χ0) is 8.55. The van der Waals surface area contributed by atoms with E-state index >= 15 is 0 Å². The molecule has 0 spiro atoms. The Labute approximate surface area is 74.8 Å². The number of nitrogens with two attached hydrogens (primary N) is 1. The van der Waals surface area contributed by atoms with Gasteiger partial charge in [-0.1, -0.05) is 6.07 Å². The van der Waals surface area contributed by atoms with Gasteiger partial charge in [-0.2, -0.15) is 0 Å². The number of fused-ring (bicyclic) bond motifs is 1. The van der Waals surface area contributed by atoms with E-state index in [0.29, 0.717) is 0 Å². The number of H-pyrrole nitrogens is 1. The van der Waals surface area contributed by atoms with Crippen molar-refractivity contribution in [1.29, 1.82) is 0 Å². The highest BCUT2D eigenvalue weighted by Gasteiger charge is 2.03. The third kappa shape index (κ3) is 1.03. The van der Waals surface area contributed by atoms with Crippen LogP contribution < -0.4 is 10.4 Å². The Morgan fingerprint density at radius 2 is 2.17 bits per heavy atom. The van der Waals surface area contributed by atoms with Gasteiger partial charge in [-0.25, -0.2) is 10.4 Å². The van der Waals surface area contributed by atoms with Crippen LogP contribution >= 0.6 is 11.8 Å². The number of nitrogens with zero attached hydrogens (tertiary/aromatic N) is 1. The van der Waals surface area contributed by atoms with Crippen molar-refractivity contribution in [3.05, 3.63) is 30.5 Å². The Hall–Kier alpha value is -1.19. The number of aromatic amines is 1. The van der Waals surface area contributed by atoms with Gasteiger partial charge < -0.3 is 4.98 Å². The smallest absolute Gasteiger partial charge is 0.0797 e. The summed E-state index contributed by atoms with van der Waals surface area (Å²) in [5, 5.41) is 1.02. The topological polar surface area (TPSA) is 45.0 Å². The number of hydrogen-bond acceptors (Lipinski definition) is 2. The Bertz CT molecular complexity index is 394. The Morgan fingerprint density at radius 1 is 1.33 bits per heavy atom. The fourth-order valence-electron chi connectivity index (χ4n) is 1.26. The molecule has 3 N–H and O–H groups in total. The Balaban J connectivity index is 2.73. The van der Waals surface area contributed by atoms with Crippen molar-refractivity contribution < 1.29 is 0 Å². The molecule has 0 fully saturated rings. The van der Waals surface area contributed by atoms with E-state index < -0.39 is 0 Å². The van der Waals surface area contributed by atoms with Crippen LogP contribution in [0.3, 0.4) is 0 Å². The first-order valence-corrected chi connectivity index (χ1v) is 3.89. The van der Waals surface area contributed by atoms with Crippen LogP contribution in [0.15, 0.2) is 30.5 Å². The molecule has 2 aromatic rings. The third-order valence-electron chi connectivity index (χ3n) is 1.80. The molecule has 2 rings (SSSR count). The zero-order valence-electron chi connectivity index (χ0n) is 6.29. The molecule has 0 radical (unpaired) electrons. The summed E-state index contributed by atoms with van der Waals surface area (Å²) in [4.78, 5) is 3.07. The summed E-state index contributed by atoms with van der Waals surface area (Å²) in [6, 6.07) is 7.67. The van der Waals surface area contributed by atoms with Crippen molar-refractivity contribution in [3.63, 3.8) is 0 Å². The summed E-state index contributed by atoms with van der Waals surface area (Å²) in [5.41, 5.74) is 1.83. The molecular weight excluding hydrogens is 174 g/mol. The second-order valence-corrected chi connectivity index (χ2v) is 2.89. The molecule has 0 saturated carbocycles. The van der Waals surface area contributed by atoms with Gasteiger partial charge >= 0.3 is 0 Å². The maximum atomic E-state index is 5.64. The minimum Gasteiger partial charge on any atom is -0.361 e. The van der Waals surface area contributed by atoms with Gasteiger partial charge in [0.05, 0.1) is 5.69 Å². The van der Waals surface area contributed by atoms with E-state index in [-0.39, 0.29) is 0 Å². The lowest BCUT2D eigenvalue weighted by atomic mass is 10.2. The van der Waals surface area contributed by atoms with Gasteiger partial charge in [-0.3, -0.25) is 0 Å². The molecular formula is C8H8ClN3. The molecule has 0 aliphatic carbocycles. The molecule has 1 aromatic carbocycles. The van der Waals surface area contributed by atoms with Crippen molar-refractivity contribution in [2.45, 2.75) is 0 Å². The summed E-state index contributed by atoms with van der Waals surface area (Å²) in [7, 11) is 0. The summed E-state index contributed by atoms with van der Waals surface area (Å²) >= 11 is 5.64. The van der Waals surface area contributed by atoms with Crippen molar-refractivity contribution in [1.82, 2.24) is 4.98 Å². The van der Waals surface area contributed by atoms with Crippen LogP contribution in [0.5, 0.6) is 0 Å². The van der Waals surface area contributed by atoms with Crippen molar-refractivity contribution in [3.8, 4) is 0 Å². The number of rotatable bonds is 1. The monoisotopic (exact) mass is 181 g/mol. The first kappa shape index (κ1) is 7.46. The number of halogens is 1. The second kappa shape index (κ2) is 2.69. The fraction of sp³-hybridized carbons (Fsp3) is 0. The van der Waals surface area contributed by atoms with Gasteiger partial charge in [0, 0.05) is 28.9 Å². The van der Waals surface area contributed by atoms with Crippen LogP contribution in [-0.2, 0) is 0 Å². The summed E-state index contributed by atoms with van der Waals surface area (Å²) in [6.07, 6.45) is 1.86. The van der Waals surface area contributed by atoms with Gasteiger partial charge in [0.15, 0.2) is 0 Å². The molecule has 12 heavy (non-hydrogen) atoms. The summed E-state index contributed by atoms with van der Waals surface area (Å²) in [5.74, 6) is 5.42. The van der Waals surface area contributed by atoms with Crippen LogP contribution in [0, 0.1) is 0 Å². The van der Waals surface area contributed by atoms with Crippen molar-refractivity contribution in [2.24, 2.45) is 5.84 Å². The van der Waals surface area contributed by atoms with Gasteiger partial charge in [0.2, 0.25) is 0 Å². The number of benzene rings is 1. The van der Waals surface area contributed by atoms with E-state index in [4.69, 9.17) is 17.6 Å². The number of anilines is 1. The Morgan fingerprint density at radius 3 is 2.92 bits per heavy atom. The number of nitrogens with one attached hydrogen (secondary N) is 1. The van der Waals surface area contributed by atoms with E-state index in [0.717, 1.165) is 21.1 Å². The predicted octanol–water partition coefficient (Wildman–Crippen LogP) is 2.00. The average Bonchev–Trinajstić information content (AvgIpc) is 2.49. The molecule has 0 amide bonds. The van der Waals surface area contributed by atoms with E-state index in [9.17, 15) is 0 Å². The van der Waals surface area contributed by atoms with Crippen molar-refractivity contribution in [2.75, 3.05) is 4.53 Å². The van der Waals surface area contributed by atoms with Crippen molar-refractivity contribution >= 4 is 28.4 Å². The molecule has 3 nitrogen and oxygen atoms in total. The zero-order valence-corrected chi connectivity index (χ0v) is 7.05. The van der Waals surface area contributed by atoms with Crippen LogP contribution in [0.1, 0.15) is 0 Å². The SMILES string of the molecule is NN(Cl)c1cccc2[nH]ccc12. The first-order valence-electron chi connectivity index (χ1n) is 3.56. The minimum atomic E-state index is 0.801. The minimum absolute atomic E-state index is 0.801. The molecule has 0 aliphatic heterocycles. The fourth-order valence-corrected chi connectivity index (χ4v) is 1.40. The van der Waals surface area contributed by atoms with Gasteiger partial charge in [-0.15, -0.1) is 0 Å². The van der Waals surface area contributed by atoms with Crippen LogP contribution in [0.25, 0.3) is 10.9 Å². The number of hydrogen-bond donors (Lipinski definition) is 2. The van der Waals surface area contributed by atoms with Crippen LogP contribution in [0.2, 0.25) is 0 Å². The van der Waals surface area contributed by atoms with Gasteiger partial charge in [-0.05, 0) is 18.2 Å². The molecule has 1 aromatic heterocycles. The van der Waals surface area contributed by atoms with Crippen LogP contribution in [0.4, 0.5) is 5.69 Å². The largest absolute Gasteiger partial charge is 0.361 e. The van der Waals surface area contributed by atoms with Gasteiger partial charge in [0.1, 0.15) is 0 Å². The second-order valence-electron chi connectivity index (χ2n) is 2.53. The lowest BCUT2D eigenvalue weighted by Gasteiger charge is -2.08.